The van der Waals surface area contributed by atoms with Crippen molar-refractivity contribution in [3.05, 3.63) is 52.3 Å². The highest BCUT2D eigenvalue weighted by Gasteiger charge is 2.38. The molecule has 0 aromatic carbocycles. The zero-order valence-corrected chi connectivity index (χ0v) is 16.8. The molecule has 5 nitrogen and oxygen atoms in total. The molecule has 0 radical (unpaired) electrons. The third-order valence-electron chi connectivity index (χ3n) is 4.63. The standard InChI is InChI=1S/C20H21N3O2S2/c1-14-13-26-19(21-14)22-20-23(15-7-3-2-4-8-15)18(24)17(27-20)11-5-9-16-10-6-12-25-16/h5-6,9-13,15H,2-4,7-8H2,1H3/b9-5+,17-11+,22-20+. The van der Waals surface area contributed by atoms with Gasteiger partial charge < -0.3 is 4.42 Å². The van der Waals surface area contributed by atoms with Crippen molar-refractivity contribution in [3.63, 3.8) is 0 Å². The minimum atomic E-state index is 0.0445. The monoisotopic (exact) mass is 399 g/mol. The fourth-order valence-electron chi connectivity index (χ4n) is 3.33. The van der Waals surface area contributed by atoms with E-state index in [4.69, 9.17) is 9.41 Å². The molecule has 0 unspecified atom stereocenters. The van der Waals surface area contributed by atoms with Gasteiger partial charge in [0.2, 0.25) is 5.13 Å². The van der Waals surface area contributed by atoms with Crippen LogP contribution in [0.4, 0.5) is 5.13 Å². The van der Waals surface area contributed by atoms with E-state index < -0.39 is 0 Å². The number of carbonyl (C=O) groups is 1. The number of aromatic nitrogens is 1. The third-order valence-corrected chi connectivity index (χ3v) is 6.48. The average molecular weight is 400 g/mol. The molecule has 0 N–H and O–H groups in total. The number of rotatable bonds is 4. The van der Waals surface area contributed by atoms with Gasteiger partial charge in [0.15, 0.2) is 5.17 Å². The Morgan fingerprint density at radius 2 is 2.19 bits per heavy atom. The van der Waals surface area contributed by atoms with Gasteiger partial charge in [0.05, 0.1) is 16.9 Å². The predicted molar refractivity (Wildman–Crippen MR) is 111 cm³/mol. The van der Waals surface area contributed by atoms with Crippen LogP contribution < -0.4 is 0 Å². The highest BCUT2D eigenvalue weighted by molar-refractivity contribution is 8.18. The zero-order chi connectivity index (χ0) is 18.6. The van der Waals surface area contributed by atoms with Crippen LogP contribution in [-0.4, -0.2) is 27.0 Å². The van der Waals surface area contributed by atoms with Crippen molar-refractivity contribution in [1.29, 1.82) is 0 Å². The number of thiazole rings is 1. The number of aliphatic imine (C=N–C) groups is 1. The largest absolute Gasteiger partial charge is 0.465 e. The summed E-state index contributed by atoms with van der Waals surface area (Å²) in [7, 11) is 0. The molecule has 2 aromatic heterocycles. The second-order valence-electron chi connectivity index (χ2n) is 6.64. The van der Waals surface area contributed by atoms with Gasteiger partial charge in [0.1, 0.15) is 5.76 Å². The zero-order valence-electron chi connectivity index (χ0n) is 15.1. The molecule has 1 saturated carbocycles. The molecular formula is C20H21N3O2S2. The van der Waals surface area contributed by atoms with Crippen LogP contribution in [0.3, 0.4) is 0 Å². The van der Waals surface area contributed by atoms with Crippen molar-refractivity contribution in [1.82, 2.24) is 9.88 Å². The molecule has 0 bridgehead atoms. The first kappa shape index (κ1) is 18.3. The van der Waals surface area contributed by atoms with Gasteiger partial charge in [-0.05, 0) is 55.8 Å². The van der Waals surface area contributed by atoms with E-state index in [1.807, 2.05) is 47.6 Å². The normalized spacial score (nSPS) is 22.0. The Morgan fingerprint density at radius 1 is 1.33 bits per heavy atom. The smallest absolute Gasteiger partial charge is 0.266 e. The second kappa shape index (κ2) is 8.27. The van der Waals surface area contributed by atoms with Crippen molar-refractivity contribution in [3.8, 4) is 0 Å². The average Bonchev–Trinajstić information content (AvgIpc) is 3.39. The molecule has 4 rings (SSSR count). The highest BCUT2D eigenvalue weighted by atomic mass is 32.2. The summed E-state index contributed by atoms with van der Waals surface area (Å²) in [6.07, 6.45) is 12.9. The van der Waals surface area contributed by atoms with Crippen molar-refractivity contribution >= 4 is 45.4 Å². The van der Waals surface area contributed by atoms with Gasteiger partial charge in [0.25, 0.3) is 5.91 Å². The summed E-state index contributed by atoms with van der Waals surface area (Å²) >= 11 is 2.94. The molecule has 7 heteroatoms. The summed E-state index contributed by atoms with van der Waals surface area (Å²) in [6.45, 7) is 1.96. The third kappa shape index (κ3) is 4.25. The first-order valence-electron chi connectivity index (χ1n) is 9.15. The molecule has 2 aliphatic rings. The molecule has 1 aliphatic carbocycles. The maximum Gasteiger partial charge on any atom is 0.266 e. The number of amides is 1. The molecule has 140 valence electrons. The topological polar surface area (TPSA) is 58.7 Å². The Balaban J connectivity index is 1.61. The first-order chi connectivity index (χ1) is 13.2. The number of carbonyl (C=O) groups excluding carboxylic acids is 1. The first-order valence-corrected chi connectivity index (χ1v) is 10.8. The van der Waals surface area contributed by atoms with E-state index in [1.54, 1.807) is 6.26 Å². The van der Waals surface area contributed by atoms with E-state index in [9.17, 15) is 4.79 Å². The lowest BCUT2D eigenvalue weighted by atomic mass is 9.94. The Labute approximate surface area is 166 Å². The van der Waals surface area contributed by atoms with Crippen LogP contribution in [0.1, 0.15) is 43.6 Å². The number of thioether (sulfide) groups is 1. The van der Waals surface area contributed by atoms with Gasteiger partial charge >= 0.3 is 0 Å². The van der Waals surface area contributed by atoms with Gasteiger partial charge in [0, 0.05) is 11.4 Å². The molecule has 0 atom stereocenters. The summed E-state index contributed by atoms with van der Waals surface area (Å²) < 4.78 is 5.29. The fourth-order valence-corrected chi connectivity index (χ4v) is 5.04. The van der Waals surface area contributed by atoms with Crippen LogP contribution in [0.2, 0.25) is 0 Å². The van der Waals surface area contributed by atoms with Gasteiger partial charge in [-0.25, -0.2) is 4.98 Å². The Hall–Kier alpha value is -2.12. The SMILES string of the molecule is Cc1csc(/N=C2/S/C(=C/C=C/c3ccco3)C(=O)N2C2CCCCC2)n1. The maximum atomic E-state index is 13.1. The van der Waals surface area contributed by atoms with Crippen molar-refractivity contribution in [2.45, 2.75) is 45.1 Å². The number of allylic oxidation sites excluding steroid dienone is 2. The summed E-state index contributed by atoms with van der Waals surface area (Å²) in [5.74, 6) is 0.807. The number of hydrogen-bond donors (Lipinski definition) is 0. The number of furan rings is 1. The molecule has 1 aliphatic heterocycles. The molecule has 1 amide bonds. The summed E-state index contributed by atoms with van der Waals surface area (Å²) in [4.78, 5) is 24.8. The fraction of sp³-hybridized carbons (Fsp3) is 0.350. The lowest BCUT2D eigenvalue weighted by Crippen LogP contribution is -2.40. The minimum Gasteiger partial charge on any atom is -0.465 e. The molecule has 3 heterocycles. The Morgan fingerprint density at radius 3 is 2.89 bits per heavy atom. The summed E-state index contributed by atoms with van der Waals surface area (Å²) in [6, 6.07) is 3.96. The molecule has 1 saturated heterocycles. The minimum absolute atomic E-state index is 0.0445. The van der Waals surface area contributed by atoms with Crippen LogP contribution in [0.15, 0.2) is 50.2 Å². The molecule has 2 fully saturated rings. The predicted octanol–water partition coefficient (Wildman–Crippen LogP) is 5.54. The highest BCUT2D eigenvalue weighted by Crippen LogP contribution is 2.38. The Bertz CT molecular complexity index is 890. The quantitative estimate of drug-likeness (QED) is 0.634. The van der Waals surface area contributed by atoms with Crippen LogP contribution in [-0.2, 0) is 4.79 Å². The molecule has 27 heavy (non-hydrogen) atoms. The van der Waals surface area contributed by atoms with Crippen LogP contribution in [0, 0.1) is 6.92 Å². The number of nitrogens with zero attached hydrogens (tertiary/aromatic N) is 3. The molecule has 0 spiro atoms. The van der Waals surface area contributed by atoms with E-state index in [0.29, 0.717) is 10.0 Å². The summed E-state index contributed by atoms with van der Waals surface area (Å²) in [5, 5.41) is 3.43. The lowest BCUT2D eigenvalue weighted by Gasteiger charge is -2.30. The van der Waals surface area contributed by atoms with E-state index in [0.717, 1.165) is 29.5 Å². The molecule has 2 aromatic rings. The van der Waals surface area contributed by atoms with Gasteiger partial charge in [-0.1, -0.05) is 25.3 Å². The van der Waals surface area contributed by atoms with Crippen molar-refractivity contribution < 1.29 is 9.21 Å². The van der Waals surface area contributed by atoms with Crippen LogP contribution in [0.25, 0.3) is 6.08 Å². The number of aryl methyl sites for hydroxylation is 1. The van der Waals surface area contributed by atoms with Gasteiger partial charge in [-0.15, -0.1) is 11.3 Å². The molecular weight excluding hydrogens is 378 g/mol. The van der Waals surface area contributed by atoms with E-state index in [-0.39, 0.29) is 11.9 Å². The second-order valence-corrected chi connectivity index (χ2v) is 8.49. The van der Waals surface area contributed by atoms with Crippen LogP contribution >= 0.6 is 23.1 Å². The van der Waals surface area contributed by atoms with Crippen molar-refractivity contribution in [2.24, 2.45) is 4.99 Å². The van der Waals surface area contributed by atoms with Crippen LogP contribution in [0.5, 0.6) is 0 Å². The van der Waals surface area contributed by atoms with E-state index in [2.05, 4.69) is 4.98 Å². The number of hydrogen-bond acceptors (Lipinski definition) is 6. The maximum absolute atomic E-state index is 13.1. The van der Waals surface area contributed by atoms with Gasteiger partial charge in [-0.3, -0.25) is 9.69 Å². The van der Waals surface area contributed by atoms with Crippen molar-refractivity contribution in [2.75, 3.05) is 0 Å². The summed E-state index contributed by atoms with van der Waals surface area (Å²) in [5.41, 5.74) is 0.954. The lowest BCUT2D eigenvalue weighted by molar-refractivity contribution is -0.124. The van der Waals surface area contributed by atoms with E-state index >= 15 is 0 Å². The van der Waals surface area contributed by atoms with Gasteiger partial charge in [-0.2, -0.15) is 4.99 Å². The van der Waals surface area contributed by atoms with E-state index in [1.165, 1.54) is 42.4 Å². The number of amidine groups is 1. The Kier molecular flexibility index (Phi) is 5.59.